The third kappa shape index (κ3) is 3.66. The van der Waals surface area contributed by atoms with Crippen LogP contribution in [0.3, 0.4) is 0 Å². The van der Waals surface area contributed by atoms with E-state index in [9.17, 15) is 18.0 Å². The van der Waals surface area contributed by atoms with E-state index in [2.05, 4.69) is 4.74 Å². The Hall–Kier alpha value is -1.80. The topological polar surface area (TPSA) is 48.0 Å². The van der Waals surface area contributed by atoms with Gasteiger partial charge in [-0.2, -0.15) is 0 Å². The maximum absolute atomic E-state index is 12.9. The van der Waals surface area contributed by atoms with E-state index in [0.29, 0.717) is 18.5 Å². The van der Waals surface area contributed by atoms with Crippen LogP contribution in [0.1, 0.15) is 36.0 Å². The molecule has 0 unspecified atom stereocenters. The van der Waals surface area contributed by atoms with Gasteiger partial charge in [-0.3, -0.25) is 4.79 Å². The highest BCUT2D eigenvalue weighted by atomic mass is 19.4. The number of hydrogen-bond acceptors (Lipinski definition) is 4. The van der Waals surface area contributed by atoms with Crippen LogP contribution in [-0.2, 0) is 9.47 Å². The average Bonchev–Trinajstić information content (AvgIpc) is 2.99. The molecule has 3 rings (SSSR count). The number of carbonyl (C=O) groups excluding carboxylic acids is 1. The van der Waals surface area contributed by atoms with E-state index >= 15 is 0 Å². The van der Waals surface area contributed by atoms with Crippen molar-refractivity contribution in [1.29, 1.82) is 0 Å². The average molecular weight is 373 g/mol. The number of halogens is 3. The number of benzene rings is 1. The number of carbonyl (C=O) groups is 1. The van der Waals surface area contributed by atoms with Gasteiger partial charge in [0.2, 0.25) is 0 Å². The second-order valence-electron chi connectivity index (χ2n) is 6.74. The van der Waals surface area contributed by atoms with Gasteiger partial charge in [-0.25, -0.2) is 0 Å². The normalized spacial score (nSPS) is 28.7. The van der Waals surface area contributed by atoms with Crippen molar-refractivity contribution in [3.63, 3.8) is 0 Å². The van der Waals surface area contributed by atoms with Crippen LogP contribution in [0.5, 0.6) is 5.75 Å². The molecule has 1 aliphatic carbocycles. The number of nitrogens with zero attached hydrogens (tertiary/aromatic N) is 1. The highest BCUT2D eigenvalue weighted by Crippen LogP contribution is 2.43. The van der Waals surface area contributed by atoms with Crippen LogP contribution < -0.4 is 4.74 Å². The fourth-order valence-electron chi connectivity index (χ4n) is 4.08. The molecule has 8 heteroatoms. The van der Waals surface area contributed by atoms with Gasteiger partial charge in [-0.1, -0.05) is 0 Å². The lowest BCUT2D eigenvalue weighted by Crippen LogP contribution is -2.53. The summed E-state index contributed by atoms with van der Waals surface area (Å²) in [5.41, 5.74) is -0.0460. The number of likely N-dealkylation sites (tertiary alicyclic amines) is 1. The first-order valence-corrected chi connectivity index (χ1v) is 8.53. The molecule has 0 aromatic heterocycles. The summed E-state index contributed by atoms with van der Waals surface area (Å²) in [6.07, 6.45) is -1.56. The zero-order valence-corrected chi connectivity index (χ0v) is 14.7. The van der Waals surface area contributed by atoms with Crippen molar-refractivity contribution in [3.8, 4) is 5.75 Å². The van der Waals surface area contributed by atoms with E-state index in [1.165, 1.54) is 12.1 Å². The predicted molar refractivity (Wildman–Crippen MR) is 87.0 cm³/mol. The summed E-state index contributed by atoms with van der Waals surface area (Å²) < 4.78 is 51.9. The van der Waals surface area contributed by atoms with Gasteiger partial charge in [0.25, 0.3) is 5.91 Å². The Bertz CT molecular complexity index is 649. The summed E-state index contributed by atoms with van der Waals surface area (Å²) in [7, 11) is 3.32. The van der Waals surface area contributed by atoms with Gasteiger partial charge in [0, 0.05) is 26.3 Å². The first-order chi connectivity index (χ1) is 12.3. The summed E-state index contributed by atoms with van der Waals surface area (Å²) in [6, 6.07) is 4.91. The third-order valence-corrected chi connectivity index (χ3v) is 5.47. The van der Waals surface area contributed by atoms with E-state index in [1.807, 2.05) is 0 Å². The van der Waals surface area contributed by atoms with Crippen molar-refractivity contribution in [2.75, 3.05) is 20.8 Å². The van der Waals surface area contributed by atoms with Crippen molar-refractivity contribution in [2.24, 2.45) is 0 Å². The Morgan fingerprint density at radius 2 is 1.88 bits per heavy atom. The quantitative estimate of drug-likeness (QED) is 0.812. The van der Waals surface area contributed by atoms with E-state index < -0.39 is 6.36 Å². The van der Waals surface area contributed by atoms with Crippen molar-refractivity contribution in [3.05, 3.63) is 29.8 Å². The van der Waals surface area contributed by atoms with Gasteiger partial charge in [0.15, 0.2) is 0 Å². The minimum Gasteiger partial charge on any atom is -0.406 e. The van der Waals surface area contributed by atoms with Gasteiger partial charge < -0.3 is 19.1 Å². The van der Waals surface area contributed by atoms with Crippen LogP contribution >= 0.6 is 0 Å². The first kappa shape index (κ1) is 19.0. The second kappa shape index (κ2) is 7.08. The number of alkyl halides is 3. The molecule has 1 aromatic carbocycles. The van der Waals surface area contributed by atoms with Crippen LogP contribution in [0.4, 0.5) is 13.2 Å². The molecule has 1 aromatic rings. The van der Waals surface area contributed by atoms with Gasteiger partial charge in [0.1, 0.15) is 5.75 Å². The Kier molecular flexibility index (Phi) is 5.16. The zero-order valence-electron chi connectivity index (χ0n) is 14.7. The number of rotatable bonds is 4. The molecule has 1 saturated carbocycles. The molecule has 0 bridgehead atoms. The molecule has 0 radical (unpaired) electrons. The van der Waals surface area contributed by atoms with Gasteiger partial charge >= 0.3 is 6.36 Å². The molecule has 1 saturated heterocycles. The fourth-order valence-corrected chi connectivity index (χ4v) is 4.08. The summed E-state index contributed by atoms with van der Waals surface area (Å²) in [5.74, 6) is -0.567. The van der Waals surface area contributed by atoms with Gasteiger partial charge in [-0.05, 0) is 49.9 Å². The molecule has 2 aliphatic rings. The highest BCUT2D eigenvalue weighted by molar-refractivity contribution is 5.95. The van der Waals surface area contributed by atoms with Crippen molar-refractivity contribution in [2.45, 2.75) is 49.8 Å². The minimum atomic E-state index is -4.75. The molecule has 0 spiro atoms. The van der Waals surface area contributed by atoms with Crippen molar-refractivity contribution in [1.82, 2.24) is 4.90 Å². The van der Waals surface area contributed by atoms with Crippen molar-refractivity contribution >= 4 is 5.91 Å². The SMILES string of the molecule is CO[C@H]1CC[C@@]2(OC)CCN(C(=O)c3ccc(OC(F)(F)F)cc3)[C@H]2C1. The third-order valence-electron chi connectivity index (χ3n) is 5.47. The molecular formula is C18H22F3NO4. The zero-order chi connectivity index (χ0) is 18.9. The van der Waals surface area contributed by atoms with Crippen molar-refractivity contribution < 1.29 is 32.2 Å². The van der Waals surface area contributed by atoms with Gasteiger partial charge in [-0.15, -0.1) is 13.2 Å². The molecule has 0 N–H and O–H groups in total. The van der Waals surface area contributed by atoms with Crippen LogP contribution in [0.2, 0.25) is 0 Å². The Labute approximate surface area is 150 Å². The predicted octanol–water partition coefficient (Wildman–Crippen LogP) is 3.38. The van der Waals surface area contributed by atoms with E-state index in [0.717, 1.165) is 31.4 Å². The van der Waals surface area contributed by atoms with E-state index in [1.54, 1.807) is 19.1 Å². The van der Waals surface area contributed by atoms with Crippen LogP contribution in [-0.4, -0.2) is 55.7 Å². The molecule has 1 aliphatic heterocycles. The Morgan fingerprint density at radius 3 is 2.46 bits per heavy atom. The fraction of sp³-hybridized carbons (Fsp3) is 0.611. The molecule has 5 nitrogen and oxygen atoms in total. The molecule has 2 fully saturated rings. The first-order valence-electron chi connectivity index (χ1n) is 8.53. The lowest BCUT2D eigenvalue weighted by molar-refractivity contribution is -0.274. The molecule has 3 atom stereocenters. The Balaban J connectivity index is 1.77. The lowest BCUT2D eigenvalue weighted by atomic mass is 9.79. The summed E-state index contributed by atoms with van der Waals surface area (Å²) in [5, 5.41) is 0. The lowest BCUT2D eigenvalue weighted by Gasteiger charge is -2.43. The summed E-state index contributed by atoms with van der Waals surface area (Å²) >= 11 is 0. The number of fused-ring (bicyclic) bond motifs is 1. The Morgan fingerprint density at radius 1 is 1.19 bits per heavy atom. The molecule has 1 amide bonds. The van der Waals surface area contributed by atoms with Crippen LogP contribution in [0.25, 0.3) is 0 Å². The maximum Gasteiger partial charge on any atom is 0.573 e. The molecular weight excluding hydrogens is 351 g/mol. The van der Waals surface area contributed by atoms with E-state index in [4.69, 9.17) is 9.47 Å². The van der Waals surface area contributed by atoms with Gasteiger partial charge in [0.05, 0.1) is 17.7 Å². The number of amides is 1. The smallest absolute Gasteiger partial charge is 0.406 e. The standard InChI is InChI=1S/C18H22F3NO4/c1-24-14-7-8-17(25-2)9-10-22(15(17)11-14)16(23)12-3-5-13(6-4-12)26-18(19,20)21/h3-6,14-15H,7-11H2,1-2H3/t14-,15-,17+/m0/s1. The second-order valence-corrected chi connectivity index (χ2v) is 6.74. The largest absolute Gasteiger partial charge is 0.573 e. The number of hydrogen-bond donors (Lipinski definition) is 0. The van der Waals surface area contributed by atoms with Crippen LogP contribution in [0.15, 0.2) is 24.3 Å². The molecule has 26 heavy (non-hydrogen) atoms. The minimum absolute atomic E-state index is 0.0687. The van der Waals surface area contributed by atoms with E-state index in [-0.39, 0.29) is 29.4 Å². The molecule has 1 heterocycles. The molecule has 144 valence electrons. The highest BCUT2D eigenvalue weighted by Gasteiger charge is 2.52. The maximum atomic E-state index is 12.9. The number of methoxy groups -OCH3 is 2. The van der Waals surface area contributed by atoms with Crippen LogP contribution in [0, 0.1) is 0 Å². The summed E-state index contributed by atoms with van der Waals surface area (Å²) in [6.45, 7) is 0.550. The summed E-state index contributed by atoms with van der Waals surface area (Å²) in [4.78, 5) is 14.7. The monoisotopic (exact) mass is 373 g/mol. The number of ether oxygens (including phenoxy) is 3.